The first kappa shape index (κ1) is 25.6. The summed E-state index contributed by atoms with van der Waals surface area (Å²) in [5.41, 5.74) is 0.933. The summed E-state index contributed by atoms with van der Waals surface area (Å²) in [7, 11) is 0. The molecule has 0 aromatic heterocycles. The number of carbonyl (C=O) groups is 2. The Balaban J connectivity index is 1.50. The van der Waals surface area contributed by atoms with E-state index in [0.29, 0.717) is 11.4 Å². The van der Waals surface area contributed by atoms with Gasteiger partial charge in [0.2, 0.25) is 0 Å². The van der Waals surface area contributed by atoms with E-state index in [1.54, 1.807) is 12.2 Å². The normalized spacial score (nSPS) is 13.5. The number of nitro benzene ring substituents is 2. The molecule has 3 aromatic rings. The zero-order valence-electron chi connectivity index (χ0n) is 19.8. The first-order valence-corrected chi connectivity index (χ1v) is 11.4. The van der Waals surface area contributed by atoms with Crippen molar-refractivity contribution in [3.63, 3.8) is 0 Å². The van der Waals surface area contributed by atoms with Crippen LogP contribution in [-0.4, -0.2) is 27.6 Å². The van der Waals surface area contributed by atoms with Gasteiger partial charge in [0.15, 0.2) is 0 Å². The zero-order chi connectivity index (χ0) is 27.1. The number of non-ortho nitro benzene ring substituents is 2. The molecule has 12 heteroatoms. The van der Waals surface area contributed by atoms with E-state index in [9.17, 15) is 29.8 Å². The van der Waals surface area contributed by atoms with Gasteiger partial charge in [0.25, 0.3) is 11.4 Å². The lowest BCUT2D eigenvalue weighted by Crippen LogP contribution is -2.61. The zero-order valence-corrected chi connectivity index (χ0v) is 19.8. The summed E-state index contributed by atoms with van der Waals surface area (Å²) >= 11 is 0. The summed E-state index contributed by atoms with van der Waals surface area (Å²) in [5.74, 6) is 0. The van der Waals surface area contributed by atoms with Crippen molar-refractivity contribution in [3.05, 3.63) is 123 Å². The molecule has 4 N–H and O–H groups in total. The topological polar surface area (TPSA) is 169 Å². The minimum atomic E-state index is -1.33. The third kappa shape index (κ3) is 6.37. The molecule has 0 fully saturated rings. The van der Waals surface area contributed by atoms with Gasteiger partial charge in [-0.15, -0.1) is 0 Å². The molecule has 4 amide bonds. The van der Waals surface area contributed by atoms with Crippen LogP contribution in [-0.2, 0) is 0 Å². The summed E-state index contributed by atoms with van der Waals surface area (Å²) in [6, 6.07) is 18.9. The monoisotopic (exact) mass is 514 g/mol. The largest absolute Gasteiger partial charge is 0.321 e. The van der Waals surface area contributed by atoms with Gasteiger partial charge in [-0.1, -0.05) is 42.5 Å². The molecule has 1 aliphatic carbocycles. The fourth-order valence-electron chi connectivity index (χ4n) is 3.76. The van der Waals surface area contributed by atoms with E-state index in [0.717, 1.165) is 11.1 Å². The van der Waals surface area contributed by atoms with Gasteiger partial charge in [-0.05, 0) is 41.5 Å². The average Bonchev–Trinajstić information content (AvgIpc) is 2.90. The number of carbonyl (C=O) groups excluding carboxylic acids is 2. The second-order valence-corrected chi connectivity index (χ2v) is 8.30. The predicted molar refractivity (Wildman–Crippen MR) is 141 cm³/mol. The second kappa shape index (κ2) is 11.0. The third-order valence-electron chi connectivity index (χ3n) is 5.64. The molecule has 0 heterocycles. The Morgan fingerprint density at radius 1 is 0.711 bits per heavy atom. The van der Waals surface area contributed by atoms with Crippen molar-refractivity contribution in [2.24, 2.45) is 0 Å². The highest BCUT2D eigenvalue weighted by atomic mass is 16.6. The SMILES string of the molecule is O=C(Nc1ccc([N+](=O)[O-])cc1)NC1(NC(=O)Nc2ccc([N+](=O)[O-])cc2)C=CC(c2ccccc2)=CC1. The van der Waals surface area contributed by atoms with Crippen molar-refractivity contribution in [2.75, 3.05) is 10.6 Å². The Morgan fingerprint density at radius 3 is 1.58 bits per heavy atom. The van der Waals surface area contributed by atoms with Gasteiger partial charge < -0.3 is 21.3 Å². The molecule has 0 atom stereocenters. The lowest BCUT2D eigenvalue weighted by molar-refractivity contribution is -0.385. The predicted octanol–water partition coefficient (Wildman–Crippen LogP) is 5.19. The van der Waals surface area contributed by atoms with E-state index in [-0.39, 0.29) is 17.8 Å². The van der Waals surface area contributed by atoms with Crippen molar-refractivity contribution in [1.82, 2.24) is 10.6 Å². The van der Waals surface area contributed by atoms with E-state index < -0.39 is 27.6 Å². The van der Waals surface area contributed by atoms with Gasteiger partial charge in [-0.2, -0.15) is 0 Å². The van der Waals surface area contributed by atoms with Gasteiger partial charge in [0.05, 0.1) is 9.85 Å². The third-order valence-corrected chi connectivity index (χ3v) is 5.64. The van der Waals surface area contributed by atoms with Crippen LogP contribution in [0.3, 0.4) is 0 Å². The van der Waals surface area contributed by atoms with E-state index >= 15 is 0 Å². The van der Waals surface area contributed by atoms with Crippen LogP contribution in [0.4, 0.5) is 32.3 Å². The van der Waals surface area contributed by atoms with Crippen LogP contribution in [0.1, 0.15) is 12.0 Å². The van der Waals surface area contributed by atoms with Crippen LogP contribution < -0.4 is 21.3 Å². The number of nitrogens with zero attached hydrogens (tertiary/aromatic N) is 2. The van der Waals surface area contributed by atoms with Crippen LogP contribution in [0, 0.1) is 20.2 Å². The molecule has 0 aliphatic heterocycles. The number of nitrogens with one attached hydrogen (secondary N) is 4. The Hall–Kier alpha value is -5.52. The van der Waals surface area contributed by atoms with Crippen molar-refractivity contribution in [2.45, 2.75) is 12.1 Å². The van der Waals surface area contributed by atoms with Crippen LogP contribution in [0.15, 0.2) is 97.1 Å². The molecule has 0 saturated carbocycles. The average molecular weight is 514 g/mol. The Kier molecular flexibility index (Phi) is 7.43. The minimum absolute atomic E-state index is 0.120. The van der Waals surface area contributed by atoms with E-state index in [1.807, 2.05) is 36.4 Å². The number of hydrogen-bond acceptors (Lipinski definition) is 6. The highest BCUT2D eigenvalue weighted by Gasteiger charge is 2.32. The second-order valence-electron chi connectivity index (χ2n) is 8.30. The fraction of sp³-hybridized carbons (Fsp3) is 0.0769. The van der Waals surface area contributed by atoms with E-state index in [2.05, 4.69) is 21.3 Å². The first-order chi connectivity index (χ1) is 18.2. The Morgan fingerprint density at radius 2 is 1.18 bits per heavy atom. The summed E-state index contributed by atoms with van der Waals surface area (Å²) in [4.78, 5) is 46.3. The highest BCUT2D eigenvalue weighted by Crippen LogP contribution is 2.26. The number of rotatable bonds is 7. The smallest absolute Gasteiger partial charge is 0.311 e. The van der Waals surface area contributed by atoms with Gasteiger partial charge in [-0.25, -0.2) is 9.59 Å². The number of urea groups is 2. The van der Waals surface area contributed by atoms with E-state index in [4.69, 9.17) is 0 Å². The molecular formula is C26H22N6O6. The van der Waals surface area contributed by atoms with Gasteiger partial charge in [0.1, 0.15) is 5.66 Å². The molecule has 1 aliphatic rings. The maximum Gasteiger partial charge on any atom is 0.321 e. The van der Waals surface area contributed by atoms with Crippen LogP contribution >= 0.6 is 0 Å². The van der Waals surface area contributed by atoms with Gasteiger partial charge >= 0.3 is 12.1 Å². The molecule has 0 spiro atoms. The van der Waals surface area contributed by atoms with Crippen molar-refractivity contribution >= 4 is 40.4 Å². The minimum Gasteiger partial charge on any atom is -0.311 e. The number of hydrogen-bond donors (Lipinski definition) is 4. The fourth-order valence-corrected chi connectivity index (χ4v) is 3.76. The van der Waals surface area contributed by atoms with Crippen LogP contribution in [0.2, 0.25) is 0 Å². The molecule has 0 bridgehead atoms. The van der Waals surface area contributed by atoms with Crippen molar-refractivity contribution < 1.29 is 19.4 Å². The Bertz CT molecular complexity index is 1350. The molecule has 0 saturated heterocycles. The van der Waals surface area contributed by atoms with Gasteiger partial charge in [-0.3, -0.25) is 20.2 Å². The molecule has 38 heavy (non-hydrogen) atoms. The summed E-state index contributed by atoms with van der Waals surface area (Å²) in [6.45, 7) is 0. The maximum absolute atomic E-state index is 12.9. The summed E-state index contributed by atoms with van der Waals surface area (Å²) < 4.78 is 0. The summed E-state index contributed by atoms with van der Waals surface area (Å²) in [6.07, 6.45) is 5.50. The highest BCUT2D eigenvalue weighted by molar-refractivity contribution is 5.93. The van der Waals surface area contributed by atoms with Crippen molar-refractivity contribution in [1.29, 1.82) is 0 Å². The van der Waals surface area contributed by atoms with E-state index in [1.165, 1.54) is 48.5 Å². The molecule has 4 rings (SSSR count). The number of anilines is 2. The summed E-state index contributed by atoms with van der Waals surface area (Å²) in [5, 5.41) is 32.4. The molecule has 12 nitrogen and oxygen atoms in total. The van der Waals surface area contributed by atoms with Crippen LogP contribution in [0.5, 0.6) is 0 Å². The lowest BCUT2D eigenvalue weighted by atomic mass is 9.93. The molecule has 192 valence electrons. The molecule has 3 aromatic carbocycles. The van der Waals surface area contributed by atoms with Gasteiger partial charge in [0, 0.05) is 42.1 Å². The lowest BCUT2D eigenvalue weighted by Gasteiger charge is -2.34. The quantitative estimate of drug-likeness (QED) is 0.192. The molecular weight excluding hydrogens is 492 g/mol. The van der Waals surface area contributed by atoms with Crippen molar-refractivity contribution in [3.8, 4) is 0 Å². The number of nitro groups is 2. The first-order valence-electron chi connectivity index (χ1n) is 11.4. The molecule has 0 radical (unpaired) electrons. The number of benzene rings is 3. The Labute approximate surface area is 216 Å². The number of allylic oxidation sites excluding steroid dienone is 2. The maximum atomic E-state index is 12.9. The molecule has 0 unspecified atom stereocenters. The standard InChI is InChI=1S/C26H22N6O6/c33-24(27-20-6-10-22(11-7-20)31(35)36)29-26(16-14-19(15-17-26)18-4-2-1-3-5-18)30-25(34)28-21-8-12-23(13-9-21)32(37)38/h1-16H,17H2,(H2,27,29,33)(H2,28,30,34). The number of amides is 4. The van der Waals surface area contributed by atoms with Crippen LogP contribution in [0.25, 0.3) is 5.57 Å².